The van der Waals surface area contributed by atoms with Gasteiger partial charge in [0.15, 0.2) is 0 Å². The van der Waals surface area contributed by atoms with Crippen molar-refractivity contribution in [3.63, 3.8) is 0 Å². The molecule has 0 saturated carbocycles. The molecule has 0 unspecified atom stereocenters. The summed E-state index contributed by atoms with van der Waals surface area (Å²) in [5, 5.41) is 0. The molecule has 2 radical (unpaired) electrons. The van der Waals surface area contributed by atoms with Crippen LogP contribution in [-0.4, -0.2) is 30.6 Å². The van der Waals surface area contributed by atoms with Crippen molar-refractivity contribution in [1.82, 2.24) is 0 Å². The van der Waals surface area contributed by atoms with Gasteiger partial charge in [-0.2, -0.15) is 0 Å². The third kappa shape index (κ3) is 5.02. The molecule has 0 rings (SSSR count). The minimum absolute atomic E-state index is 0.573. The van der Waals surface area contributed by atoms with Gasteiger partial charge in [0.2, 0.25) is 0 Å². The summed E-state index contributed by atoms with van der Waals surface area (Å²) < 4.78 is 1.54. The fourth-order valence-electron chi connectivity index (χ4n) is 0. The summed E-state index contributed by atoms with van der Waals surface area (Å²) in [5.74, 6) is 0. The van der Waals surface area contributed by atoms with Crippen molar-refractivity contribution in [2.75, 3.05) is 0 Å². The molecule has 0 heterocycles. The minimum atomic E-state index is -0.573. The van der Waals surface area contributed by atoms with Gasteiger partial charge in [-0.25, -0.2) is 0 Å². The third-order valence-electron chi connectivity index (χ3n) is 0.612. The van der Waals surface area contributed by atoms with Gasteiger partial charge in [-0.05, 0) is 0 Å². The van der Waals surface area contributed by atoms with Gasteiger partial charge in [0, 0.05) is 0 Å². The molecule has 0 aromatic carbocycles. The molecule has 0 bridgehead atoms. The molecule has 0 spiro atoms. The van der Waals surface area contributed by atoms with E-state index in [2.05, 4.69) is 19.6 Å². The summed E-state index contributed by atoms with van der Waals surface area (Å²) in [6.07, 6.45) is 0. The quantitative estimate of drug-likeness (QED) is 0.566. The van der Waals surface area contributed by atoms with E-state index in [1.54, 1.807) is 0 Å². The molecule has 2 heteroatoms. The number of hydrogen-bond donors (Lipinski definition) is 0. The van der Waals surface area contributed by atoms with Crippen LogP contribution in [0.25, 0.3) is 0 Å². The second-order valence-electron chi connectivity index (χ2n) is 2.76. The Balaban J connectivity index is 3.17. The van der Waals surface area contributed by atoms with Crippen LogP contribution in [0.3, 0.4) is 0 Å². The molecule has 0 aliphatic carbocycles. The van der Waals surface area contributed by atoms with Crippen LogP contribution in [0, 0.1) is 0 Å². The Bertz CT molecular complexity index is 37.3. The molecular formula is C4H12SiSn. The zero-order valence-electron chi connectivity index (χ0n) is 4.78. The maximum atomic E-state index is 2.41. The van der Waals surface area contributed by atoms with Gasteiger partial charge in [0.25, 0.3) is 0 Å². The predicted octanol–water partition coefficient (Wildman–Crippen LogP) is 1.18. The average molecular weight is 207 g/mol. The first-order valence-electron chi connectivity index (χ1n) is 2.26. The molecule has 0 aromatic rings. The molecule has 36 valence electrons. The molecule has 0 aliphatic heterocycles. The van der Waals surface area contributed by atoms with Crippen molar-refractivity contribution in [2.45, 2.75) is 23.7 Å². The van der Waals surface area contributed by atoms with Gasteiger partial charge in [-0.3, -0.25) is 0 Å². The summed E-state index contributed by atoms with van der Waals surface area (Å²) in [6, 6.07) is 0. The van der Waals surface area contributed by atoms with Gasteiger partial charge in [-0.15, -0.1) is 0 Å². The van der Waals surface area contributed by atoms with Crippen LogP contribution >= 0.6 is 0 Å². The summed E-state index contributed by atoms with van der Waals surface area (Å²) in [6.45, 7) is 7.24. The summed E-state index contributed by atoms with van der Waals surface area (Å²) in [7, 11) is -0.573. The molecule has 0 fully saturated rings. The van der Waals surface area contributed by atoms with Gasteiger partial charge in [-0.1, -0.05) is 0 Å². The third-order valence-corrected chi connectivity index (χ3v) is 12.3. The molecule has 0 N–H and O–H groups in total. The second-order valence-corrected chi connectivity index (χ2v) is 11.8. The fraction of sp³-hybridized carbons (Fsp3) is 1.00. The van der Waals surface area contributed by atoms with Crippen molar-refractivity contribution in [3.05, 3.63) is 0 Å². The van der Waals surface area contributed by atoms with Crippen molar-refractivity contribution >= 4 is 30.6 Å². The fourth-order valence-corrected chi connectivity index (χ4v) is 0. The van der Waals surface area contributed by atoms with Crippen molar-refractivity contribution in [1.29, 1.82) is 0 Å². The van der Waals surface area contributed by atoms with Gasteiger partial charge < -0.3 is 0 Å². The summed E-state index contributed by atoms with van der Waals surface area (Å²) in [4.78, 5) is 0. The Morgan fingerprint density at radius 1 is 1.33 bits per heavy atom. The number of rotatable bonds is 1. The maximum absolute atomic E-state index is 2.41. The first-order valence-corrected chi connectivity index (χ1v) is 8.30. The first-order chi connectivity index (χ1) is 2.56. The van der Waals surface area contributed by atoms with E-state index in [1.807, 2.05) is 0 Å². The van der Waals surface area contributed by atoms with Crippen LogP contribution < -0.4 is 0 Å². The topological polar surface area (TPSA) is 0 Å². The zero-order valence-corrected chi connectivity index (χ0v) is 9.08. The van der Waals surface area contributed by atoms with E-state index in [9.17, 15) is 0 Å². The van der Waals surface area contributed by atoms with E-state index < -0.39 is 8.07 Å². The zero-order chi connectivity index (χ0) is 5.21. The standard InChI is InChI=1S/C4H11Si.Sn.H/c1-5(2,3)4;;/h1H2,2-4H3;;. The molecule has 0 atom stereocenters. The molecule has 0 saturated heterocycles. The van der Waals surface area contributed by atoms with Crippen molar-refractivity contribution in [2.24, 2.45) is 0 Å². The van der Waals surface area contributed by atoms with Crippen LogP contribution in [0.15, 0.2) is 0 Å². The molecule has 0 nitrogen and oxygen atoms in total. The van der Waals surface area contributed by atoms with Crippen LogP contribution in [0.1, 0.15) is 0 Å². The molecule has 0 aromatic heterocycles. The van der Waals surface area contributed by atoms with Gasteiger partial charge >= 0.3 is 54.3 Å². The van der Waals surface area contributed by atoms with Crippen molar-refractivity contribution < 1.29 is 0 Å². The van der Waals surface area contributed by atoms with Crippen LogP contribution in [0.4, 0.5) is 0 Å². The normalized spacial score (nSPS) is 12.0. The average Bonchev–Trinajstić information content (AvgIpc) is 1.35. The Kier molecular flexibility index (Phi) is 2.75. The van der Waals surface area contributed by atoms with Crippen LogP contribution in [0.5, 0.6) is 0 Å². The molecule has 6 heavy (non-hydrogen) atoms. The monoisotopic (exact) mass is 208 g/mol. The van der Waals surface area contributed by atoms with Gasteiger partial charge in [0.1, 0.15) is 0 Å². The van der Waals surface area contributed by atoms with Crippen LogP contribution in [0.2, 0.25) is 23.7 Å². The van der Waals surface area contributed by atoms with E-state index in [1.165, 1.54) is 26.6 Å². The van der Waals surface area contributed by atoms with E-state index in [0.29, 0.717) is 0 Å². The Hall–Kier alpha value is 1.02. The molecule has 0 amide bonds. The first kappa shape index (κ1) is 7.02. The van der Waals surface area contributed by atoms with Crippen molar-refractivity contribution in [3.8, 4) is 0 Å². The predicted molar refractivity (Wildman–Crippen MR) is 35.3 cm³/mol. The van der Waals surface area contributed by atoms with E-state index in [-0.39, 0.29) is 0 Å². The Labute approximate surface area is 54.4 Å². The number of hydrogen-bond acceptors (Lipinski definition) is 0. The van der Waals surface area contributed by atoms with Gasteiger partial charge in [0.05, 0.1) is 0 Å². The SMILES string of the molecule is C[Si](C)(C)[CH2][SnH]. The van der Waals surface area contributed by atoms with E-state index >= 15 is 0 Å². The second kappa shape index (κ2) is 2.36. The summed E-state index contributed by atoms with van der Waals surface area (Å²) >= 11 is 1.46. The Morgan fingerprint density at radius 3 is 1.50 bits per heavy atom. The van der Waals surface area contributed by atoms with Crippen LogP contribution in [-0.2, 0) is 0 Å². The Morgan fingerprint density at radius 2 is 1.50 bits per heavy atom. The molecule has 0 aliphatic rings. The molecular weight excluding hydrogens is 195 g/mol. The summed E-state index contributed by atoms with van der Waals surface area (Å²) in [5.41, 5.74) is 0. The van der Waals surface area contributed by atoms with E-state index in [4.69, 9.17) is 0 Å². The van der Waals surface area contributed by atoms with E-state index in [0.717, 1.165) is 0 Å².